The number of hydrogen-bond donors (Lipinski definition) is 2. The van der Waals surface area contributed by atoms with E-state index in [-0.39, 0.29) is 12.0 Å². The molecule has 0 aliphatic heterocycles. The normalized spacial score (nSPS) is 11.8. The Morgan fingerprint density at radius 1 is 1.21 bits per heavy atom. The van der Waals surface area contributed by atoms with Gasteiger partial charge in [0.15, 0.2) is 0 Å². The number of allylic oxidation sites excluding steroid dienone is 1. The Morgan fingerprint density at radius 3 is 2.54 bits per heavy atom. The highest BCUT2D eigenvalue weighted by Crippen LogP contribution is 2.11. The van der Waals surface area contributed by atoms with Crippen LogP contribution in [0.25, 0.3) is 0 Å². The average Bonchev–Trinajstić information content (AvgIpc) is 2.52. The second kappa shape index (κ2) is 10.5. The van der Waals surface area contributed by atoms with E-state index in [0.717, 1.165) is 31.7 Å². The molecule has 0 saturated heterocycles. The molecule has 4 nitrogen and oxygen atoms in total. The molecule has 0 aromatic heterocycles. The zero-order valence-corrected chi connectivity index (χ0v) is 13.6. The van der Waals surface area contributed by atoms with Crippen LogP contribution in [0.5, 0.6) is 0 Å². The maximum atomic E-state index is 13.5. The van der Waals surface area contributed by atoms with Crippen LogP contribution >= 0.6 is 0 Å². The van der Waals surface area contributed by atoms with E-state index in [1.54, 1.807) is 0 Å². The molecule has 0 fully saturated rings. The van der Waals surface area contributed by atoms with Gasteiger partial charge < -0.3 is 10.4 Å². The molecular weight excluding hydrogens is 316 g/mol. The van der Waals surface area contributed by atoms with E-state index in [1.165, 1.54) is 6.07 Å². The Hall–Kier alpha value is -2.24. The highest BCUT2D eigenvalue weighted by Gasteiger charge is 2.20. The first kappa shape index (κ1) is 19.8. The molecule has 1 aromatic rings. The number of unbranched alkanes of at least 4 members (excludes halogenated alkanes) is 4. The zero-order valence-electron chi connectivity index (χ0n) is 13.6. The second-order valence-electron chi connectivity index (χ2n) is 5.65. The summed E-state index contributed by atoms with van der Waals surface area (Å²) in [5.41, 5.74) is 0.0301. The highest BCUT2D eigenvalue weighted by atomic mass is 19.1. The fraction of sp³-hybridized carbons (Fsp3) is 0.444. The lowest BCUT2D eigenvalue weighted by Crippen LogP contribution is -2.41. The molecule has 24 heavy (non-hydrogen) atoms. The molecule has 2 N–H and O–H groups in total. The quantitative estimate of drug-likeness (QED) is 0.478. The summed E-state index contributed by atoms with van der Waals surface area (Å²) >= 11 is 0. The molecule has 0 heterocycles. The van der Waals surface area contributed by atoms with Gasteiger partial charge in [-0.3, -0.25) is 4.79 Å². The number of amides is 1. The summed E-state index contributed by atoms with van der Waals surface area (Å²) in [5, 5.41) is 11.6. The van der Waals surface area contributed by atoms with Gasteiger partial charge in [0.25, 0.3) is 0 Å². The van der Waals surface area contributed by atoms with Gasteiger partial charge in [-0.15, -0.1) is 6.58 Å². The molecule has 0 aliphatic rings. The van der Waals surface area contributed by atoms with Crippen LogP contribution in [0, 0.1) is 11.6 Å². The van der Waals surface area contributed by atoms with Gasteiger partial charge in [-0.05, 0) is 30.9 Å². The molecule has 132 valence electrons. The molecule has 1 aromatic carbocycles. The molecule has 0 spiro atoms. The Labute approximate surface area is 140 Å². The van der Waals surface area contributed by atoms with E-state index in [2.05, 4.69) is 11.9 Å². The summed E-state index contributed by atoms with van der Waals surface area (Å²) < 4.78 is 26.3. The lowest BCUT2D eigenvalue weighted by molar-refractivity contribution is -0.142. The summed E-state index contributed by atoms with van der Waals surface area (Å²) in [6, 6.07) is 1.93. The maximum Gasteiger partial charge on any atom is 0.326 e. The Balaban J connectivity index is 2.44. The van der Waals surface area contributed by atoms with E-state index >= 15 is 0 Å². The molecule has 0 unspecified atom stereocenters. The van der Waals surface area contributed by atoms with Crippen molar-refractivity contribution >= 4 is 11.9 Å². The monoisotopic (exact) mass is 339 g/mol. The van der Waals surface area contributed by atoms with Crippen molar-refractivity contribution in [3.8, 4) is 0 Å². The first-order valence-electron chi connectivity index (χ1n) is 8.01. The van der Waals surface area contributed by atoms with E-state index < -0.39 is 29.6 Å². The number of nitrogens with one attached hydrogen (secondary N) is 1. The van der Waals surface area contributed by atoms with Crippen molar-refractivity contribution in [1.29, 1.82) is 0 Å². The molecule has 1 amide bonds. The van der Waals surface area contributed by atoms with Gasteiger partial charge in [-0.1, -0.05) is 31.4 Å². The number of rotatable bonds is 11. The fourth-order valence-electron chi connectivity index (χ4n) is 2.33. The molecule has 0 bridgehead atoms. The van der Waals surface area contributed by atoms with E-state index in [4.69, 9.17) is 5.11 Å². The Morgan fingerprint density at radius 2 is 1.92 bits per heavy atom. The molecule has 1 atom stereocenters. The third-order valence-corrected chi connectivity index (χ3v) is 3.65. The number of aliphatic carboxylic acids is 1. The molecule has 0 saturated carbocycles. The van der Waals surface area contributed by atoms with Gasteiger partial charge in [0.1, 0.15) is 17.7 Å². The van der Waals surface area contributed by atoms with Crippen LogP contribution in [0.2, 0.25) is 0 Å². The van der Waals surface area contributed by atoms with Crippen molar-refractivity contribution < 1.29 is 23.5 Å². The Bertz CT molecular complexity index is 575. The first-order chi connectivity index (χ1) is 11.4. The number of carbonyl (C=O) groups is 2. The first-order valence-corrected chi connectivity index (χ1v) is 8.01. The number of carboxylic acids is 1. The zero-order chi connectivity index (χ0) is 17.9. The third kappa shape index (κ3) is 7.35. The van der Waals surface area contributed by atoms with Crippen LogP contribution in [0.4, 0.5) is 8.78 Å². The van der Waals surface area contributed by atoms with Crippen LogP contribution in [-0.2, 0) is 16.0 Å². The summed E-state index contributed by atoms with van der Waals surface area (Å²) in [4.78, 5) is 23.1. The minimum atomic E-state index is -1.12. The van der Waals surface area contributed by atoms with Gasteiger partial charge >= 0.3 is 5.97 Å². The molecule has 0 radical (unpaired) electrons. The predicted octanol–water partition coefficient (Wildman–Crippen LogP) is 3.60. The average molecular weight is 339 g/mol. The highest BCUT2D eigenvalue weighted by molar-refractivity contribution is 5.84. The lowest BCUT2D eigenvalue weighted by atomic mass is 10.1. The van der Waals surface area contributed by atoms with Crippen molar-refractivity contribution in [2.24, 2.45) is 0 Å². The van der Waals surface area contributed by atoms with Gasteiger partial charge in [0.05, 0.1) is 6.42 Å². The van der Waals surface area contributed by atoms with E-state index in [1.807, 2.05) is 6.08 Å². The SMILES string of the molecule is C=CCCCCCC[C@@H](NC(=O)Cc1ccc(F)cc1F)C(=O)O. The van der Waals surface area contributed by atoms with Crippen LogP contribution < -0.4 is 5.32 Å². The van der Waals surface area contributed by atoms with Crippen molar-refractivity contribution in [3.05, 3.63) is 48.1 Å². The Kier molecular flexibility index (Phi) is 8.68. The van der Waals surface area contributed by atoms with Gasteiger partial charge in [0.2, 0.25) is 5.91 Å². The van der Waals surface area contributed by atoms with Crippen LogP contribution in [-0.4, -0.2) is 23.0 Å². The van der Waals surface area contributed by atoms with E-state index in [0.29, 0.717) is 18.9 Å². The summed E-state index contributed by atoms with van der Waals surface area (Å²) in [5.74, 6) is -3.26. The number of carboxylic acid groups (broad SMARTS) is 1. The van der Waals surface area contributed by atoms with Crippen molar-refractivity contribution in [1.82, 2.24) is 5.32 Å². The van der Waals surface area contributed by atoms with Gasteiger partial charge in [-0.25, -0.2) is 13.6 Å². The predicted molar refractivity (Wildman–Crippen MR) is 87.5 cm³/mol. The summed E-state index contributed by atoms with van der Waals surface area (Å²) in [6.45, 7) is 3.64. The summed E-state index contributed by atoms with van der Waals surface area (Å²) in [6.07, 6.45) is 6.32. The molecule has 1 rings (SSSR count). The maximum absolute atomic E-state index is 13.5. The van der Waals surface area contributed by atoms with Crippen molar-refractivity contribution in [2.45, 2.75) is 51.0 Å². The number of hydrogen-bond acceptors (Lipinski definition) is 2. The molecular formula is C18H23F2NO3. The standard InChI is InChI=1S/C18H23F2NO3/c1-2-3-4-5-6-7-8-16(18(23)24)21-17(22)11-13-9-10-14(19)12-15(13)20/h2,9-10,12,16H,1,3-8,11H2,(H,21,22)(H,23,24)/t16-/m1/s1. The van der Waals surface area contributed by atoms with Crippen LogP contribution in [0.3, 0.4) is 0 Å². The fourth-order valence-corrected chi connectivity index (χ4v) is 2.33. The molecule has 0 aliphatic carbocycles. The minimum absolute atomic E-state index is 0.0301. The number of carbonyl (C=O) groups excluding carboxylic acids is 1. The van der Waals surface area contributed by atoms with E-state index in [9.17, 15) is 18.4 Å². The van der Waals surface area contributed by atoms with Crippen molar-refractivity contribution in [2.75, 3.05) is 0 Å². The second-order valence-corrected chi connectivity index (χ2v) is 5.65. The van der Waals surface area contributed by atoms with Crippen molar-refractivity contribution in [3.63, 3.8) is 0 Å². The summed E-state index contributed by atoms with van der Waals surface area (Å²) in [7, 11) is 0. The molecule has 6 heteroatoms. The largest absolute Gasteiger partial charge is 0.480 e. The minimum Gasteiger partial charge on any atom is -0.480 e. The number of halogens is 2. The van der Waals surface area contributed by atoms with Gasteiger partial charge in [0, 0.05) is 6.07 Å². The number of benzene rings is 1. The third-order valence-electron chi connectivity index (χ3n) is 3.65. The smallest absolute Gasteiger partial charge is 0.326 e. The van der Waals surface area contributed by atoms with Crippen LogP contribution in [0.15, 0.2) is 30.9 Å². The lowest BCUT2D eigenvalue weighted by Gasteiger charge is -2.14. The van der Waals surface area contributed by atoms with Crippen LogP contribution in [0.1, 0.15) is 44.1 Å². The van der Waals surface area contributed by atoms with Gasteiger partial charge in [-0.2, -0.15) is 0 Å². The topological polar surface area (TPSA) is 66.4 Å².